The molecule has 0 atom stereocenters. The van der Waals surface area contributed by atoms with E-state index in [1.54, 1.807) is 18.2 Å². The van der Waals surface area contributed by atoms with Gasteiger partial charge in [0.25, 0.3) is 5.91 Å². The van der Waals surface area contributed by atoms with E-state index in [0.717, 1.165) is 28.4 Å². The fourth-order valence-electron chi connectivity index (χ4n) is 2.50. The summed E-state index contributed by atoms with van der Waals surface area (Å²) in [6.07, 6.45) is 0.719. The van der Waals surface area contributed by atoms with E-state index < -0.39 is 27.5 Å². The number of nitrogens with zero attached hydrogens (tertiary/aromatic N) is 1. The lowest BCUT2D eigenvalue weighted by Gasteiger charge is -2.29. The maximum absolute atomic E-state index is 14.4. The first-order chi connectivity index (χ1) is 13.2. The smallest absolute Gasteiger partial charge is 0.304 e. The predicted molar refractivity (Wildman–Crippen MR) is 105 cm³/mol. The van der Waals surface area contributed by atoms with Crippen LogP contribution >= 0.6 is 23.2 Å². The SMILES string of the molecule is Cc1cc(OCc2cc(F)c(C(=O)NS(=O)(=O)N3CCC3)cc2Cl)ccc1Cl. The first-order valence-electron chi connectivity index (χ1n) is 8.36. The van der Waals surface area contributed by atoms with Gasteiger partial charge in [0.15, 0.2) is 0 Å². The number of ether oxygens (including phenoxy) is 1. The zero-order chi connectivity index (χ0) is 20.5. The molecule has 1 aliphatic rings. The molecule has 0 radical (unpaired) electrons. The molecule has 1 aliphatic heterocycles. The van der Waals surface area contributed by atoms with Crippen molar-refractivity contribution < 1.29 is 22.3 Å². The van der Waals surface area contributed by atoms with E-state index in [0.29, 0.717) is 29.4 Å². The Bertz CT molecular complexity index is 1030. The molecular weight excluding hydrogens is 430 g/mol. The van der Waals surface area contributed by atoms with Crippen molar-refractivity contribution in [3.05, 3.63) is 62.9 Å². The molecule has 0 aliphatic carbocycles. The van der Waals surface area contributed by atoms with Gasteiger partial charge in [0.1, 0.15) is 18.2 Å². The largest absolute Gasteiger partial charge is 0.489 e. The Kier molecular flexibility index (Phi) is 6.14. The standard InChI is InChI=1S/C18H17Cl2FN2O4S/c1-11-7-13(3-4-15(11)19)27-10-12-8-17(21)14(9-16(12)20)18(24)22-28(25,26)23-5-2-6-23/h3-4,7-9H,2,5-6,10H2,1H3,(H,22,24). The fraction of sp³-hybridized carbons (Fsp3) is 0.278. The quantitative estimate of drug-likeness (QED) is 0.733. The van der Waals surface area contributed by atoms with Gasteiger partial charge >= 0.3 is 10.2 Å². The molecule has 28 heavy (non-hydrogen) atoms. The molecule has 0 spiro atoms. The maximum Gasteiger partial charge on any atom is 0.304 e. The third-order valence-corrected chi connectivity index (χ3v) is 6.55. The van der Waals surface area contributed by atoms with Gasteiger partial charge in [0.05, 0.1) is 5.56 Å². The van der Waals surface area contributed by atoms with Gasteiger partial charge in [0, 0.05) is 28.7 Å². The number of hydrogen-bond acceptors (Lipinski definition) is 4. The third kappa shape index (κ3) is 4.57. The first kappa shape index (κ1) is 20.9. The fourth-order valence-corrected chi connectivity index (χ4v) is 4.05. The van der Waals surface area contributed by atoms with E-state index in [1.807, 2.05) is 11.6 Å². The summed E-state index contributed by atoms with van der Waals surface area (Å²) < 4.78 is 46.9. The van der Waals surface area contributed by atoms with Gasteiger partial charge in [-0.1, -0.05) is 23.2 Å². The number of halogens is 3. The summed E-state index contributed by atoms with van der Waals surface area (Å²) in [7, 11) is -3.98. The lowest BCUT2D eigenvalue weighted by atomic mass is 10.1. The van der Waals surface area contributed by atoms with E-state index in [1.165, 1.54) is 0 Å². The number of amides is 1. The Hall–Kier alpha value is -1.87. The highest BCUT2D eigenvalue weighted by molar-refractivity contribution is 7.87. The molecule has 150 valence electrons. The third-order valence-electron chi connectivity index (χ3n) is 4.28. The van der Waals surface area contributed by atoms with Gasteiger partial charge in [-0.25, -0.2) is 9.11 Å². The molecule has 1 fully saturated rings. The van der Waals surface area contributed by atoms with Crippen LogP contribution in [-0.4, -0.2) is 31.7 Å². The van der Waals surface area contributed by atoms with Crippen LogP contribution in [-0.2, 0) is 16.8 Å². The summed E-state index contributed by atoms with van der Waals surface area (Å²) in [6, 6.07) is 7.22. The summed E-state index contributed by atoms with van der Waals surface area (Å²) >= 11 is 12.1. The molecule has 1 saturated heterocycles. The van der Waals surface area contributed by atoms with Crippen molar-refractivity contribution in [2.45, 2.75) is 20.0 Å². The van der Waals surface area contributed by atoms with Crippen molar-refractivity contribution in [1.82, 2.24) is 9.03 Å². The lowest BCUT2D eigenvalue weighted by molar-refractivity contribution is 0.0973. The van der Waals surface area contributed by atoms with Crippen molar-refractivity contribution in [2.24, 2.45) is 0 Å². The Labute approximate surface area is 172 Å². The highest BCUT2D eigenvalue weighted by atomic mass is 35.5. The minimum atomic E-state index is -3.98. The average Bonchev–Trinajstić information content (AvgIpc) is 2.55. The normalized spacial score (nSPS) is 14.4. The second-order valence-corrected chi connectivity index (χ2v) is 8.80. The molecule has 3 rings (SSSR count). The van der Waals surface area contributed by atoms with Crippen molar-refractivity contribution in [3.8, 4) is 5.75 Å². The monoisotopic (exact) mass is 446 g/mol. The zero-order valence-electron chi connectivity index (χ0n) is 14.8. The highest BCUT2D eigenvalue weighted by Crippen LogP contribution is 2.25. The van der Waals surface area contributed by atoms with Crippen LogP contribution in [0.15, 0.2) is 30.3 Å². The van der Waals surface area contributed by atoms with E-state index in [2.05, 4.69) is 0 Å². The molecule has 10 heteroatoms. The molecule has 2 aromatic rings. The number of rotatable bonds is 6. The molecule has 2 aromatic carbocycles. The number of hydrogen-bond donors (Lipinski definition) is 1. The average molecular weight is 447 g/mol. The number of nitrogens with one attached hydrogen (secondary N) is 1. The molecule has 6 nitrogen and oxygen atoms in total. The van der Waals surface area contributed by atoms with Crippen LogP contribution in [0.1, 0.15) is 27.9 Å². The molecule has 0 bridgehead atoms. The second kappa shape index (κ2) is 8.24. The molecule has 1 heterocycles. The Balaban J connectivity index is 1.73. The van der Waals surface area contributed by atoms with Crippen molar-refractivity contribution in [1.29, 1.82) is 0 Å². The minimum Gasteiger partial charge on any atom is -0.489 e. The van der Waals surface area contributed by atoms with Gasteiger partial charge in [-0.2, -0.15) is 12.7 Å². The number of carbonyl (C=O) groups excluding carboxylic acids is 1. The minimum absolute atomic E-state index is 0.0369. The van der Waals surface area contributed by atoms with E-state index in [4.69, 9.17) is 27.9 Å². The van der Waals surface area contributed by atoms with Crippen molar-refractivity contribution in [2.75, 3.05) is 13.1 Å². The second-order valence-electron chi connectivity index (χ2n) is 6.31. The van der Waals surface area contributed by atoms with Crippen LogP contribution in [0, 0.1) is 12.7 Å². The summed E-state index contributed by atoms with van der Waals surface area (Å²) in [5.41, 5.74) is 0.681. The Morgan fingerprint density at radius 1 is 1.21 bits per heavy atom. The van der Waals surface area contributed by atoms with E-state index in [-0.39, 0.29) is 11.6 Å². The Morgan fingerprint density at radius 3 is 2.54 bits per heavy atom. The van der Waals surface area contributed by atoms with E-state index in [9.17, 15) is 17.6 Å². The van der Waals surface area contributed by atoms with Crippen molar-refractivity contribution in [3.63, 3.8) is 0 Å². The van der Waals surface area contributed by atoms with Gasteiger partial charge in [-0.15, -0.1) is 0 Å². The zero-order valence-corrected chi connectivity index (χ0v) is 17.2. The summed E-state index contributed by atoms with van der Waals surface area (Å²) in [5.74, 6) is -1.44. The molecule has 1 N–H and O–H groups in total. The number of carbonyl (C=O) groups is 1. The van der Waals surface area contributed by atoms with Crippen LogP contribution in [0.5, 0.6) is 5.75 Å². The number of benzene rings is 2. The molecule has 0 saturated carbocycles. The molecule has 1 amide bonds. The van der Waals surface area contributed by atoms with Gasteiger partial charge in [0.2, 0.25) is 0 Å². The Morgan fingerprint density at radius 2 is 1.93 bits per heavy atom. The molecule has 0 aromatic heterocycles. The maximum atomic E-state index is 14.4. The van der Waals surface area contributed by atoms with E-state index >= 15 is 0 Å². The van der Waals surface area contributed by atoms with Crippen LogP contribution in [0.3, 0.4) is 0 Å². The van der Waals surface area contributed by atoms with Crippen LogP contribution in [0.2, 0.25) is 10.0 Å². The summed E-state index contributed by atoms with van der Waals surface area (Å²) in [5, 5.41) is 0.679. The van der Waals surface area contributed by atoms with Crippen LogP contribution in [0.4, 0.5) is 4.39 Å². The van der Waals surface area contributed by atoms with Gasteiger partial charge in [-0.05, 0) is 49.2 Å². The van der Waals surface area contributed by atoms with Crippen LogP contribution in [0.25, 0.3) is 0 Å². The van der Waals surface area contributed by atoms with Crippen molar-refractivity contribution >= 4 is 39.3 Å². The van der Waals surface area contributed by atoms with Crippen LogP contribution < -0.4 is 9.46 Å². The highest BCUT2D eigenvalue weighted by Gasteiger charge is 2.30. The van der Waals surface area contributed by atoms with Gasteiger partial charge < -0.3 is 4.74 Å². The summed E-state index contributed by atoms with van der Waals surface area (Å²) in [6.45, 7) is 2.44. The topological polar surface area (TPSA) is 75.7 Å². The first-order valence-corrected chi connectivity index (χ1v) is 10.6. The molecule has 0 unspecified atom stereocenters. The predicted octanol–water partition coefficient (Wildman–Crippen LogP) is 3.70. The summed E-state index contributed by atoms with van der Waals surface area (Å²) in [4.78, 5) is 12.2. The van der Waals surface area contributed by atoms with Gasteiger partial charge in [-0.3, -0.25) is 4.79 Å². The lowest BCUT2D eigenvalue weighted by Crippen LogP contribution is -2.49. The molecular formula is C18H17Cl2FN2O4S. The number of aryl methyl sites for hydroxylation is 1.